The van der Waals surface area contributed by atoms with Gasteiger partial charge < -0.3 is 10.1 Å². The van der Waals surface area contributed by atoms with Crippen LogP contribution in [0.2, 0.25) is 5.02 Å². The molecule has 2 unspecified atom stereocenters. The zero-order valence-electron chi connectivity index (χ0n) is 15.8. The van der Waals surface area contributed by atoms with Crippen LogP contribution in [0.1, 0.15) is 49.2 Å². The molecule has 0 bridgehead atoms. The third kappa shape index (κ3) is 4.54. The van der Waals surface area contributed by atoms with Crippen LogP contribution < -0.4 is 14.8 Å². The van der Waals surface area contributed by atoms with Crippen molar-refractivity contribution in [2.24, 2.45) is 0 Å². The first kappa shape index (κ1) is 20.8. The van der Waals surface area contributed by atoms with E-state index >= 15 is 0 Å². The number of amides is 1. The lowest BCUT2D eigenvalue weighted by Gasteiger charge is -2.30. The lowest BCUT2D eigenvalue weighted by molar-refractivity contribution is 0.102. The summed E-state index contributed by atoms with van der Waals surface area (Å²) in [5, 5.41) is 2.63. The number of hydrogen-bond acceptors (Lipinski definition) is 3. The number of nitrogens with one attached hydrogen (secondary N) is 2. The van der Waals surface area contributed by atoms with Crippen LogP contribution >= 0.6 is 11.6 Å². The minimum Gasteiger partial charge on any atom is -0.492 e. The number of hydrogen-bond donors (Lipinski definition) is 2. The zero-order chi connectivity index (χ0) is 20.5. The van der Waals surface area contributed by atoms with Gasteiger partial charge in [-0.1, -0.05) is 23.7 Å². The van der Waals surface area contributed by atoms with Gasteiger partial charge in [0.1, 0.15) is 11.6 Å². The maximum absolute atomic E-state index is 13.3. The predicted octanol–water partition coefficient (Wildman–Crippen LogP) is 4.61. The number of fused-ring (bicyclic) bond motifs is 1. The summed E-state index contributed by atoms with van der Waals surface area (Å²) in [7, 11) is -1.25. The number of rotatable bonds is 4. The quantitative estimate of drug-likeness (QED) is 0.753. The van der Waals surface area contributed by atoms with Gasteiger partial charge in [-0.25, -0.2) is 13.3 Å². The second-order valence-corrected chi connectivity index (χ2v) is 9.90. The normalized spacial score (nSPS) is 17.4. The van der Waals surface area contributed by atoms with Gasteiger partial charge in [0.05, 0.1) is 39.0 Å². The summed E-state index contributed by atoms with van der Waals surface area (Å²) in [5.41, 5.74) is 1.52. The molecule has 2 aromatic rings. The van der Waals surface area contributed by atoms with E-state index in [9.17, 15) is 13.4 Å². The van der Waals surface area contributed by atoms with Crippen molar-refractivity contribution in [3.05, 3.63) is 58.4 Å². The summed E-state index contributed by atoms with van der Waals surface area (Å²) in [6.45, 7) is 6.09. The Hall–Kier alpha value is -1.96. The molecular formula is C20H22ClFN2O3S. The molecule has 2 N–H and O–H groups in total. The monoisotopic (exact) mass is 424 g/mol. The Balaban J connectivity index is 1.86. The van der Waals surface area contributed by atoms with Crippen molar-refractivity contribution < 1.29 is 18.1 Å². The van der Waals surface area contributed by atoms with Crippen molar-refractivity contribution in [1.82, 2.24) is 4.72 Å². The smallest absolute Gasteiger partial charge is 0.259 e. The van der Waals surface area contributed by atoms with E-state index in [2.05, 4.69) is 10.0 Å². The fraction of sp³-hybridized carbons (Fsp3) is 0.350. The molecule has 2 aromatic carbocycles. The van der Waals surface area contributed by atoms with Crippen LogP contribution in [-0.4, -0.2) is 21.5 Å². The maximum atomic E-state index is 13.3. The molecule has 0 saturated heterocycles. The molecule has 5 nitrogen and oxygen atoms in total. The molecule has 1 aliphatic rings. The van der Waals surface area contributed by atoms with E-state index in [0.717, 1.165) is 5.56 Å². The van der Waals surface area contributed by atoms with Crippen molar-refractivity contribution in [2.45, 2.75) is 38.0 Å². The van der Waals surface area contributed by atoms with Gasteiger partial charge in [-0.2, -0.15) is 0 Å². The van der Waals surface area contributed by atoms with Crippen LogP contribution in [0.4, 0.5) is 10.1 Å². The largest absolute Gasteiger partial charge is 0.492 e. The molecule has 1 aliphatic heterocycles. The molecule has 150 valence electrons. The van der Waals surface area contributed by atoms with Gasteiger partial charge in [-0.05, 0) is 45.0 Å². The Labute approximate surface area is 171 Å². The number of anilines is 1. The molecule has 0 fully saturated rings. The molecule has 0 radical (unpaired) electrons. The van der Waals surface area contributed by atoms with Crippen molar-refractivity contribution >= 4 is 34.2 Å². The minimum atomic E-state index is -1.25. The molecule has 8 heteroatoms. The first-order valence-corrected chi connectivity index (χ1v) is 10.4. The number of carbonyl (C=O) groups is 1. The third-order valence-corrected chi connectivity index (χ3v) is 6.20. The molecule has 2 atom stereocenters. The van der Waals surface area contributed by atoms with Gasteiger partial charge in [-0.3, -0.25) is 4.79 Å². The van der Waals surface area contributed by atoms with Gasteiger partial charge in [0.25, 0.3) is 5.91 Å². The Morgan fingerprint density at radius 2 is 2.04 bits per heavy atom. The second-order valence-electron chi connectivity index (χ2n) is 7.50. The van der Waals surface area contributed by atoms with E-state index in [4.69, 9.17) is 16.3 Å². The summed E-state index contributed by atoms with van der Waals surface area (Å²) in [5.74, 6) is -0.485. The predicted molar refractivity (Wildman–Crippen MR) is 110 cm³/mol. The van der Waals surface area contributed by atoms with Crippen LogP contribution in [0, 0.1) is 5.82 Å². The van der Waals surface area contributed by atoms with Gasteiger partial charge in [-0.15, -0.1) is 0 Å². The Morgan fingerprint density at radius 1 is 1.29 bits per heavy atom. The van der Waals surface area contributed by atoms with Gasteiger partial charge in [0.2, 0.25) is 0 Å². The van der Waals surface area contributed by atoms with E-state index in [-0.39, 0.29) is 11.1 Å². The summed E-state index contributed by atoms with van der Waals surface area (Å²) < 4.78 is 34.3. The number of ether oxygens (including phenoxy) is 1. The Bertz CT molecular complexity index is 930. The maximum Gasteiger partial charge on any atom is 0.259 e. The fourth-order valence-corrected chi connectivity index (χ4v) is 3.84. The first-order chi connectivity index (χ1) is 13.2. The van der Waals surface area contributed by atoms with Crippen LogP contribution in [0.5, 0.6) is 5.75 Å². The van der Waals surface area contributed by atoms with Gasteiger partial charge in [0.15, 0.2) is 0 Å². The van der Waals surface area contributed by atoms with E-state index in [1.165, 1.54) is 18.2 Å². The molecule has 3 rings (SSSR count). The molecule has 1 amide bonds. The van der Waals surface area contributed by atoms with Crippen LogP contribution in [0.25, 0.3) is 0 Å². The molecule has 0 saturated carbocycles. The van der Waals surface area contributed by atoms with E-state index in [1.807, 2.05) is 26.8 Å². The van der Waals surface area contributed by atoms with E-state index in [0.29, 0.717) is 30.0 Å². The average Bonchev–Trinajstić information content (AvgIpc) is 2.63. The standard InChI is InChI=1S/C20H22ClFN2O3S/c1-20(2,3)28(26)24-17-9-10-27-18-13(17)5-4-6-14(18)19(25)23-12-7-8-16(22)15(21)11-12/h4-8,11,17,24H,9-10H2,1-3H3,(H,23,25). The topological polar surface area (TPSA) is 67.4 Å². The molecule has 0 spiro atoms. The first-order valence-electron chi connectivity index (χ1n) is 8.87. The SMILES string of the molecule is CC(C)(C)S(=O)NC1CCOc2c(C(=O)Nc3ccc(F)c(Cl)c3)cccc21. The highest BCUT2D eigenvalue weighted by atomic mass is 35.5. The summed E-state index contributed by atoms with van der Waals surface area (Å²) >= 11 is 5.77. The van der Waals surface area contributed by atoms with Crippen molar-refractivity contribution in [3.63, 3.8) is 0 Å². The summed E-state index contributed by atoms with van der Waals surface area (Å²) in [6.07, 6.45) is 0.646. The lowest BCUT2D eigenvalue weighted by Crippen LogP contribution is -2.37. The minimum absolute atomic E-state index is 0.0712. The van der Waals surface area contributed by atoms with Crippen molar-refractivity contribution in [2.75, 3.05) is 11.9 Å². The van der Waals surface area contributed by atoms with Crippen molar-refractivity contribution in [3.8, 4) is 5.75 Å². The number of carbonyl (C=O) groups excluding carboxylic acids is 1. The van der Waals surface area contributed by atoms with Gasteiger partial charge in [0, 0.05) is 17.7 Å². The number of benzene rings is 2. The zero-order valence-corrected chi connectivity index (χ0v) is 17.4. The van der Waals surface area contributed by atoms with Crippen molar-refractivity contribution in [1.29, 1.82) is 0 Å². The molecule has 1 heterocycles. The van der Waals surface area contributed by atoms with Gasteiger partial charge >= 0.3 is 0 Å². The summed E-state index contributed by atoms with van der Waals surface area (Å²) in [4.78, 5) is 12.8. The van der Waals surface area contributed by atoms with Crippen LogP contribution in [0.3, 0.4) is 0 Å². The van der Waals surface area contributed by atoms with E-state index in [1.54, 1.807) is 12.1 Å². The fourth-order valence-electron chi connectivity index (χ4n) is 2.80. The average molecular weight is 425 g/mol. The molecule has 0 aromatic heterocycles. The molecule has 28 heavy (non-hydrogen) atoms. The third-order valence-electron chi connectivity index (χ3n) is 4.30. The summed E-state index contributed by atoms with van der Waals surface area (Å²) in [6, 6.07) is 9.07. The highest BCUT2D eigenvalue weighted by Gasteiger charge is 2.30. The highest BCUT2D eigenvalue weighted by Crippen LogP contribution is 2.36. The Kier molecular flexibility index (Phi) is 6.07. The van der Waals surface area contributed by atoms with Crippen LogP contribution in [-0.2, 0) is 11.0 Å². The molecule has 0 aliphatic carbocycles. The lowest BCUT2D eigenvalue weighted by atomic mass is 9.98. The van der Waals surface area contributed by atoms with E-state index < -0.39 is 27.5 Å². The second kappa shape index (κ2) is 8.19. The number of para-hydroxylation sites is 1. The Morgan fingerprint density at radius 3 is 2.71 bits per heavy atom. The highest BCUT2D eigenvalue weighted by molar-refractivity contribution is 7.84. The molecular weight excluding hydrogens is 403 g/mol. The number of halogens is 2. The van der Waals surface area contributed by atoms with Crippen LogP contribution in [0.15, 0.2) is 36.4 Å².